The number of aliphatic carboxylic acids is 1. The summed E-state index contributed by atoms with van der Waals surface area (Å²) in [6.07, 6.45) is 0.854. The van der Waals surface area contributed by atoms with E-state index >= 15 is 0 Å². The number of aryl methyl sites for hydroxylation is 1. The summed E-state index contributed by atoms with van der Waals surface area (Å²) in [4.78, 5) is 35.7. The number of carbonyl (C=O) groups excluding carboxylic acids is 1. The molecule has 1 aliphatic rings. The predicted octanol–water partition coefficient (Wildman–Crippen LogP) is 1.31. The van der Waals surface area contributed by atoms with Crippen LogP contribution in [0.3, 0.4) is 0 Å². The van der Waals surface area contributed by atoms with Crippen LogP contribution in [-0.4, -0.2) is 62.4 Å². The summed E-state index contributed by atoms with van der Waals surface area (Å²) in [5.41, 5.74) is 1.30. The third-order valence-electron chi connectivity index (χ3n) is 4.24. The van der Waals surface area contributed by atoms with E-state index < -0.39 is 17.0 Å². The van der Waals surface area contributed by atoms with Crippen LogP contribution in [0, 0.1) is 10.1 Å². The number of nitrogens with zero attached hydrogens (tertiary/aromatic N) is 4. The fourth-order valence-corrected chi connectivity index (χ4v) is 2.99. The highest BCUT2D eigenvalue weighted by molar-refractivity contribution is 6.00. The fraction of sp³-hybridized carbons (Fsp3) is 0.353. The van der Waals surface area contributed by atoms with E-state index in [2.05, 4.69) is 5.10 Å². The van der Waals surface area contributed by atoms with Gasteiger partial charge in [0.1, 0.15) is 5.69 Å². The molecule has 2 heterocycles. The average molecular weight is 374 g/mol. The minimum absolute atomic E-state index is 0.0488. The van der Waals surface area contributed by atoms with Crippen molar-refractivity contribution in [3.8, 4) is 11.3 Å². The number of amides is 1. The summed E-state index contributed by atoms with van der Waals surface area (Å²) >= 11 is 0. The zero-order valence-electron chi connectivity index (χ0n) is 14.6. The highest BCUT2D eigenvalue weighted by atomic mass is 16.6. The monoisotopic (exact) mass is 374 g/mol. The Morgan fingerprint density at radius 2 is 2.07 bits per heavy atom. The van der Waals surface area contributed by atoms with Gasteiger partial charge < -0.3 is 14.7 Å². The molecule has 0 saturated carbocycles. The highest BCUT2D eigenvalue weighted by Crippen LogP contribution is 2.26. The zero-order valence-corrected chi connectivity index (χ0v) is 14.6. The number of non-ortho nitro benzene ring substituents is 1. The summed E-state index contributed by atoms with van der Waals surface area (Å²) < 4.78 is 6.90. The van der Waals surface area contributed by atoms with Crippen molar-refractivity contribution < 1.29 is 24.4 Å². The third-order valence-corrected chi connectivity index (χ3v) is 4.24. The zero-order chi connectivity index (χ0) is 19.6. The molecule has 1 saturated heterocycles. The number of morpholine rings is 1. The maximum absolute atomic E-state index is 13.0. The quantitative estimate of drug-likeness (QED) is 0.617. The molecule has 1 atom stereocenters. The van der Waals surface area contributed by atoms with Gasteiger partial charge in [-0.25, -0.2) is 0 Å². The van der Waals surface area contributed by atoms with Gasteiger partial charge in [-0.05, 0) is 12.1 Å². The minimum atomic E-state index is -0.984. The number of hydrogen-bond donors (Lipinski definition) is 1. The van der Waals surface area contributed by atoms with Crippen LogP contribution in [0.1, 0.15) is 16.8 Å². The number of hydrogen-bond acceptors (Lipinski definition) is 6. The van der Waals surface area contributed by atoms with E-state index in [1.807, 2.05) is 0 Å². The van der Waals surface area contributed by atoms with Crippen molar-refractivity contribution in [1.82, 2.24) is 14.7 Å². The van der Waals surface area contributed by atoms with Crippen molar-refractivity contribution in [3.63, 3.8) is 0 Å². The Bertz CT molecular complexity index is 876. The molecule has 1 N–H and O–H groups in total. The van der Waals surface area contributed by atoms with Gasteiger partial charge in [-0.3, -0.25) is 24.4 Å². The van der Waals surface area contributed by atoms with E-state index in [0.29, 0.717) is 23.4 Å². The molecule has 10 heteroatoms. The molecule has 0 bridgehead atoms. The number of aromatic nitrogens is 2. The van der Waals surface area contributed by atoms with Crippen molar-refractivity contribution in [2.75, 3.05) is 19.7 Å². The predicted molar refractivity (Wildman–Crippen MR) is 93.2 cm³/mol. The average Bonchev–Trinajstić information content (AvgIpc) is 3.02. The lowest BCUT2D eigenvalue weighted by Crippen LogP contribution is -2.46. The molecule has 1 unspecified atom stereocenters. The van der Waals surface area contributed by atoms with Gasteiger partial charge in [0.2, 0.25) is 0 Å². The lowest BCUT2D eigenvalue weighted by molar-refractivity contribution is -0.384. The highest BCUT2D eigenvalue weighted by Gasteiger charge is 2.29. The number of nitro groups is 1. The van der Waals surface area contributed by atoms with Crippen LogP contribution in [0.15, 0.2) is 30.5 Å². The van der Waals surface area contributed by atoms with E-state index in [1.54, 1.807) is 30.3 Å². The van der Waals surface area contributed by atoms with Gasteiger partial charge in [-0.2, -0.15) is 5.10 Å². The van der Waals surface area contributed by atoms with Gasteiger partial charge in [0, 0.05) is 44.0 Å². The number of ether oxygens (including phenoxy) is 1. The van der Waals surface area contributed by atoms with Gasteiger partial charge in [0.15, 0.2) is 0 Å². The number of nitro benzene ring substituents is 1. The Hall–Kier alpha value is -3.27. The molecule has 1 aliphatic heterocycles. The van der Waals surface area contributed by atoms with Crippen molar-refractivity contribution in [2.45, 2.75) is 12.5 Å². The Morgan fingerprint density at radius 3 is 2.70 bits per heavy atom. The largest absolute Gasteiger partial charge is 0.481 e. The minimum Gasteiger partial charge on any atom is -0.481 e. The van der Waals surface area contributed by atoms with Gasteiger partial charge in [0.25, 0.3) is 11.6 Å². The van der Waals surface area contributed by atoms with E-state index in [0.717, 1.165) is 0 Å². The Morgan fingerprint density at radius 1 is 1.37 bits per heavy atom. The van der Waals surface area contributed by atoms with Gasteiger partial charge in [0.05, 0.1) is 29.6 Å². The molecular formula is C17H18N4O6. The molecule has 27 heavy (non-hydrogen) atoms. The Labute approximate surface area is 154 Å². The van der Waals surface area contributed by atoms with Crippen LogP contribution in [0.25, 0.3) is 11.3 Å². The molecule has 142 valence electrons. The van der Waals surface area contributed by atoms with Crippen molar-refractivity contribution in [1.29, 1.82) is 0 Å². The SMILES string of the molecule is Cn1cc(C(=O)N2CCOC(CC(=O)O)C2)c(-c2ccc([N+](=O)[O-])cc2)n1. The molecule has 1 amide bonds. The first kappa shape index (κ1) is 18.5. The second-order valence-electron chi connectivity index (χ2n) is 6.21. The maximum atomic E-state index is 13.0. The molecule has 0 radical (unpaired) electrons. The number of carboxylic acid groups (broad SMARTS) is 1. The van der Waals surface area contributed by atoms with Crippen LogP contribution in [0.2, 0.25) is 0 Å². The number of carbonyl (C=O) groups is 2. The number of rotatable bonds is 5. The van der Waals surface area contributed by atoms with Crippen LogP contribution in [0.4, 0.5) is 5.69 Å². The molecule has 2 aromatic rings. The summed E-state index contributed by atoms with van der Waals surface area (Å²) in [5, 5.41) is 24.0. The van der Waals surface area contributed by atoms with Crippen molar-refractivity contribution >= 4 is 17.6 Å². The second kappa shape index (κ2) is 7.54. The molecule has 3 rings (SSSR count). The molecule has 1 aromatic carbocycles. The van der Waals surface area contributed by atoms with Crippen LogP contribution in [0.5, 0.6) is 0 Å². The first-order valence-corrected chi connectivity index (χ1v) is 8.26. The molecular weight excluding hydrogens is 356 g/mol. The van der Waals surface area contributed by atoms with E-state index in [4.69, 9.17) is 9.84 Å². The van der Waals surface area contributed by atoms with Crippen molar-refractivity contribution in [2.24, 2.45) is 7.05 Å². The van der Waals surface area contributed by atoms with Crippen LogP contribution >= 0.6 is 0 Å². The molecule has 1 fully saturated rings. The van der Waals surface area contributed by atoms with Gasteiger partial charge >= 0.3 is 5.97 Å². The first-order valence-electron chi connectivity index (χ1n) is 8.26. The number of carboxylic acids is 1. The van der Waals surface area contributed by atoms with E-state index in [-0.39, 0.29) is 31.2 Å². The molecule has 10 nitrogen and oxygen atoms in total. The smallest absolute Gasteiger partial charge is 0.306 e. The topological polar surface area (TPSA) is 128 Å². The molecule has 0 aliphatic carbocycles. The number of benzene rings is 1. The van der Waals surface area contributed by atoms with Gasteiger partial charge in [-0.15, -0.1) is 0 Å². The normalized spacial score (nSPS) is 16.9. The fourth-order valence-electron chi connectivity index (χ4n) is 2.99. The van der Waals surface area contributed by atoms with Crippen molar-refractivity contribution in [3.05, 3.63) is 46.1 Å². The first-order chi connectivity index (χ1) is 12.8. The summed E-state index contributed by atoms with van der Waals surface area (Å²) in [6, 6.07) is 5.80. The van der Waals surface area contributed by atoms with Crippen LogP contribution in [-0.2, 0) is 16.6 Å². The summed E-state index contributed by atoms with van der Waals surface area (Å²) in [5.74, 6) is -1.27. The summed E-state index contributed by atoms with van der Waals surface area (Å²) in [6.45, 7) is 0.792. The molecule has 1 aromatic heterocycles. The van der Waals surface area contributed by atoms with Crippen LogP contribution < -0.4 is 0 Å². The van der Waals surface area contributed by atoms with E-state index in [1.165, 1.54) is 16.8 Å². The van der Waals surface area contributed by atoms with Gasteiger partial charge in [-0.1, -0.05) is 0 Å². The molecule has 0 spiro atoms. The lowest BCUT2D eigenvalue weighted by atomic mass is 10.1. The standard InChI is InChI=1S/C17H18N4O6/c1-19-10-14(16(18-19)11-2-4-12(5-3-11)21(25)26)17(24)20-6-7-27-13(9-20)8-15(22)23/h2-5,10,13H,6-9H2,1H3,(H,22,23). The Kier molecular flexibility index (Phi) is 5.17. The second-order valence-corrected chi connectivity index (χ2v) is 6.21. The Balaban J connectivity index is 1.85. The summed E-state index contributed by atoms with van der Waals surface area (Å²) in [7, 11) is 1.68. The lowest BCUT2D eigenvalue weighted by Gasteiger charge is -2.32. The third kappa shape index (κ3) is 4.11. The van der Waals surface area contributed by atoms with E-state index in [9.17, 15) is 19.7 Å². The maximum Gasteiger partial charge on any atom is 0.306 e.